The highest BCUT2D eigenvalue weighted by atomic mass is 19.1. The molecule has 2 N–H and O–H groups in total. The van der Waals surface area contributed by atoms with Gasteiger partial charge in [0.25, 0.3) is 5.91 Å². The molecule has 2 saturated heterocycles. The number of fused-ring (bicyclic) bond motifs is 2. The van der Waals surface area contributed by atoms with E-state index in [-0.39, 0.29) is 35.9 Å². The van der Waals surface area contributed by atoms with Gasteiger partial charge in [-0.2, -0.15) is 5.10 Å². The molecule has 8 nitrogen and oxygen atoms in total. The average Bonchev–Trinajstić information content (AvgIpc) is 3.71. The number of hydrogen-bond acceptors (Lipinski definition) is 5. The molecule has 7 rings (SSSR count). The van der Waals surface area contributed by atoms with Crippen LogP contribution in [-0.2, 0) is 16.1 Å². The van der Waals surface area contributed by atoms with E-state index in [0.717, 1.165) is 67.5 Å². The minimum Gasteiger partial charge on any atom is -0.382 e. The Bertz CT molecular complexity index is 1730. The minimum atomic E-state index is -0.589. The van der Waals surface area contributed by atoms with Gasteiger partial charge in [0.1, 0.15) is 12.5 Å². The number of halogens is 2. The first-order chi connectivity index (χ1) is 22.9. The van der Waals surface area contributed by atoms with Gasteiger partial charge in [0.05, 0.1) is 35.8 Å². The van der Waals surface area contributed by atoms with Crippen molar-refractivity contribution >= 4 is 34.1 Å². The first kappa shape index (κ1) is 31.3. The Balaban J connectivity index is 1.24. The van der Waals surface area contributed by atoms with Gasteiger partial charge < -0.3 is 20.3 Å². The van der Waals surface area contributed by atoms with Crippen LogP contribution in [0.15, 0.2) is 66.9 Å². The van der Waals surface area contributed by atoms with Gasteiger partial charge >= 0.3 is 0 Å². The fourth-order valence-corrected chi connectivity index (χ4v) is 7.98. The SMILES string of the molecule is Cc1cccc(F)c1C(=O)N1C2CCCC2CC(C(=O)Nc2ccc3c(cnn3CCF)c2)C1c1ccc(NC2CCOCC2)cc1. The molecule has 3 aromatic carbocycles. The third-order valence-corrected chi connectivity index (χ3v) is 10.3. The number of alkyl halides is 1. The summed E-state index contributed by atoms with van der Waals surface area (Å²) in [5.41, 5.74) is 3.86. The maximum Gasteiger partial charge on any atom is 0.257 e. The van der Waals surface area contributed by atoms with Crippen LogP contribution in [0.1, 0.15) is 66.1 Å². The molecule has 246 valence electrons. The summed E-state index contributed by atoms with van der Waals surface area (Å²) in [6.07, 6.45) is 6.83. The van der Waals surface area contributed by atoms with Crippen molar-refractivity contribution in [2.45, 2.75) is 70.1 Å². The third-order valence-electron chi connectivity index (χ3n) is 10.3. The van der Waals surface area contributed by atoms with Gasteiger partial charge in [-0.15, -0.1) is 0 Å². The highest BCUT2D eigenvalue weighted by Crippen LogP contribution is 2.49. The number of carbonyl (C=O) groups is 2. The summed E-state index contributed by atoms with van der Waals surface area (Å²) < 4.78 is 35.5. The zero-order chi connectivity index (χ0) is 32.5. The number of hydrogen-bond donors (Lipinski definition) is 2. The molecular formula is C37H41F2N5O3. The lowest BCUT2D eigenvalue weighted by atomic mass is 9.76. The number of amides is 2. The van der Waals surface area contributed by atoms with Gasteiger partial charge in [0.2, 0.25) is 5.91 Å². The van der Waals surface area contributed by atoms with Gasteiger partial charge in [-0.05, 0) is 92.5 Å². The highest BCUT2D eigenvalue weighted by Gasteiger charge is 2.50. The summed E-state index contributed by atoms with van der Waals surface area (Å²) in [6, 6.07) is 17.9. The molecule has 1 aliphatic carbocycles. The fraction of sp³-hybridized carbons (Fsp3) is 0.432. The largest absolute Gasteiger partial charge is 0.382 e. The number of aromatic nitrogens is 2. The molecule has 1 aromatic heterocycles. The Morgan fingerprint density at radius 2 is 1.79 bits per heavy atom. The third kappa shape index (κ3) is 6.23. The summed E-state index contributed by atoms with van der Waals surface area (Å²) >= 11 is 0. The van der Waals surface area contributed by atoms with Gasteiger partial charge in [-0.25, -0.2) is 8.78 Å². The molecule has 3 heterocycles. The standard InChI is InChI=1S/C37H41F2N5O3/c1-23-4-2-6-31(39)34(23)37(46)44-33-7-3-5-25(33)21-30(35(44)24-8-10-27(11-9-24)41-28-14-18-47-19-15-28)36(45)42-29-12-13-32-26(20-29)22-40-43(32)17-16-38/h2,4,6,8-13,20,22,25,28,30,33,35,41H,3,5,7,14-19,21H2,1H3,(H,42,45). The van der Waals surface area contributed by atoms with E-state index in [4.69, 9.17) is 4.74 Å². The van der Waals surface area contributed by atoms with Crippen LogP contribution in [0.4, 0.5) is 20.2 Å². The molecule has 1 saturated carbocycles. The molecule has 2 amide bonds. The number of piperidine rings is 1. The van der Waals surface area contributed by atoms with E-state index in [1.807, 2.05) is 41.3 Å². The first-order valence-electron chi connectivity index (χ1n) is 16.8. The molecule has 4 aromatic rings. The van der Waals surface area contributed by atoms with Crippen molar-refractivity contribution in [2.24, 2.45) is 11.8 Å². The second-order valence-electron chi connectivity index (χ2n) is 13.2. The summed E-state index contributed by atoms with van der Waals surface area (Å²) in [5.74, 6) is -1.54. The number of rotatable bonds is 8. The summed E-state index contributed by atoms with van der Waals surface area (Å²) in [6.45, 7) is 2.87. The molecule has 3 aliphatic rings. The molecule has 2 aliphatic heterocycles. The zero-order valence-electron chi connectivity index (χ0n) is 26.6. The zero-order valence-corrected chi connectivity index (χ0v) is 26.6. The molecule has 0 spiro atoms. The van der Waals surface area contributed by atoms with Gasteiger partial charge in [-0.3, -0.25) is 14.3 Å². The second kappa shape index (κ2) is 13.4. The van der Waals surface area contributed by atoms with Crippen LogP contribution in [-0.4, -0.2) is 58.5 Å². The second-order valence-corrected chi connectivity index (χ2v) is 13.2. The number of carbonyl (C=O) groups excluding carboxylic acids is 2. The number of benzene rings is 3. The number of ether oxygens (including phenoxy) is 1. The fourth-order valence-electron chi connectivity index (χ4n) is 7.98. The van der Waals surface area contributed by atoms with Crippen molar-refractivity contribution in [1.29, 1.82) is 0 Å². The molecular weight excluding hydrogens is 600 g/mol. The lowest BCUT2D eigenvalue weighted by Gasteiger charge is -2.48. The van der Waals surface area contributed by atoms with Gasteiger partial charge in [0.15, 0.2) is 0 Å². The molecule has 3 fully saturated rings. The molecule has 4 atom stereocenters. The van der Waals surface area contributed by atoms with Crippen molar-refractivity contribution in [3.8, 4) is 0 Å². The molecule has 47 heavy (non-hydrogen) atoms. The Labute approximate surface area is 273 Å². The Morgan fingerprint density at radius 1 is 1.00 bits per heavy atom. The molecule has 0 radical (unpaired) electrons. The van der Waals surface area contributed by atoms with E-state index in [2.05, 4.69) is 15.7 Å². The minimum absolute atomic E-state index is 0.0674. The maximum atomic E-state index is 15.4. The Morgan fingerprint density at radius 3 is 2.55 bits per heavy atom. The lowest BCUT2D eigenvalue weighted by Crippen LogP contribution is -2.54. The average molecular weight is 642 g/mol. The van der Waals surface area contributed by atoms with Crippen LogP contribution in [0.5, 0.6) is 0 Å². The molecule has 4 unspecified atom stereocenters. The monoisotopic (exact) mass is 641 g/mol. The van der Waals surface area contributed by atoms with Crippen LogP contribution in [0.2, 0.25) is 0 Å². The summed E-state index contributed by atoms with van der Waals surface area (Å²) in [5, 5.41) is 11.8. The van der Waals surface area contributed by atoms with E-state index in [1.165, 1.54) is 6.07 Å². The van der Waals surface area contributed by atoms with E-state index in [1.54, 1.807) is 36.0 Å². The summed E-state index contributed by atoms with van der Waals surface area (Å²) in [7, 11) is 0. The van der Waals surface area contributed by atoms with Gasteiger partial charge in [0, 0.05) is 42.1 Å². The first-order valence-corrected chi connectivity index (χ1v) is 16.8. The van der Waals surface area contributed by atoms with Crippen LogP contribution in [0.25, 0.3) is 10.9 Å². The quantitative estimate of drug-likeness (QED) is 0.215. The predicted octanol–water partition coefficient (Wildman–Crippen LogP) is 7.06. The van der Waals surface area contributed by atoms with E-state index < -0.39 is 24.5 Å². The number of likely N-dealkylation sites (tertiary alicyclic amines) is 1. The highest BCUT2D eigenvalue weighted by molar-refractivity contribution is 5.99. The van der Waals surface area contributed by atoms with Crippen LogP contribution in [0, 0.1) is 24.6 Å². The van der Waals surface area contributed by atoms with Crippen LogP contribution in [0.3, 0.4) is 0 Å². The van der Waals surface area contributed by atoms with E-state index >= 15 is 4.39 Å². The lowest BCUT2D eigenvalue weighted by molar-refractivity contribution is -0.125. The van der Waals surface area contributed by atoms with E-state index in [0.29, 0.717) is 23.7 Å². The normalized spacial score (nSPS) is 23.1. The van der Waals surface area contributed by atoms with Crippen molar-refractivity contribution in [3.05, 3.63) is 89.4 Å². The number of nitrogens with one attached hydrogen (secondary N) is 2. The number of nitrogens with zero attached hydrogens (tertiary/aromatic N) is 3. The van der Waals surface area contributed by atoms with Gasteiger partial charge in [-0.1, -0.05) is 30.7 Å². The van der Waals surface area contributed by atoms with Crippen molar-refractivity contribution < 1.29 is 23.1 Å². The van der Waals surface area contributed by atoms with Crippen molar-refractivity contribution in [2.75, 3.05) is 30.5 Å². The maximum absolute atomic E-state index is 15.4. The number of aryl methyl sites for hydroxylation is 2. The van der Waals surface area contributed by atoms with Crippen molar-refractivity contribution in [3.63, 3.8) is 0 Å². The molecule has 0 bridgehead atoms. The molecule has 10 heteroatoms. The summed E-state index contributed by atoms with van der Waals surface area (Å²) in [4.78, 5) is 30.7. The number of anilines is 2. The topological polar surface area (TPSA) is 88.5 Å². The van der Waals surface area contributed by atoms with Crippen molar-refractivity contribution in [1.82, 2.24) is 14.7 Å². The van der Waals surface area contributed by atoms with E-state index in [9.17, 15) is 14.0 Å². The van der Waals surface area contributed by atoms with Crippen LogP contribution < -0.4 is 10.6 Å². The Kier molecular flexibility index (Phi) is 8.94. The predicted molar refractivity (Wildman–Crippen MR) is 178 cm³/mol. The van der Waals surface area contributed by atoms with Crippen LogP contribution >= 0.6 is 0 Å². The smallest absolute Gasteiger partial charge is 0.257 e. The Hall–Kier alpha value is -4.31.